The standard InChI is InChI=1S/C21H25F3N6O2/c22-21(23,24)20-28-17(7-18(29-20)27-15-8-25-9-15)19(32)26-10-16(31)12-30-6-5-13-3-1-2-4-14(13)11-30/h1-4,7,15-16,25,31H,5-6,8-12H2,(H,26,32)(H,27,28,29)/t16-/m0/s1. The number of β-amino-alcohol motifs (C(OH)–C–C–N with tert-alkyl or cyclic N) is 1. The fourth-order valence-electron chi connectivity index (χ4n) is 3.74. The number of fused-ring (bicyclic) bond motifs is 1. The summed E-state index contributed by atoms with van der Waals surface area (Å²) in [4.78, 5) is 21.4. The molecular formula is C21H25F3N6O2. The Bertz CT molecular complexity index is 967. The number of rotatable bonds is 7. The average Bonchev–Trinajstić information content (AvgIpc) is 2.73. The van der Waals surface area contributed by atoms with Crippen molar-refractivity contribution >= 4 is 11.7 Å². The van der Waals surface area contributed by atoms with E-state index >= 15 is 0 Å². The van der Waals surface area contributed by atoms with Crippen LogP contribution in [0, 0.1) is 0 Å². The van der Waals surface area contributed by atoms with E-state index in [2.05, 4.69) is 36.9 Å². The number of anilines is 1. The molecule has 4 rings (SSSR count). The molecule has 1 fully saturated rings. The van der Waals surface area contributed by atoms with Gasteiger partial charge in [0.25, 0.3) is 5.91 Å². The first-order valence-corrected chi connectivity index (χ1v) is 10.5. The summed E-state index contributed by atoms with van der Waals surface area (Å²) < 4.78 is 39.5. The van der Waals surface area contributed by atoms with Crippen molar-refractivity contribution in [2.24, 2.45) is 0 Å². The van der Waals surface area contributed by atoms with Gasteiger partial charge in [0.1, 0.15) is 11.5 Å². The summed E-state index contributed by atoms with van der Waals surface area (Å²) in [5, 5.41) is 18.7. The van der Waals surface area contributed by atoms with Crippen molar-refractivity contribution in [2.45, 2.75) is 31.3 Å². The Morgan fingerprint density at radius 3 is 2.69 bits per heavy atom. The molecule has 0 spiro atoms. The molecule has 0 saturated carbocycles. The van der Waals surface area contributed by atoms with Gasteiger partial charge < -0.3 is 21.1 Å². The largest absolute Gasteiger partial charge is 0.451 e. The first-order valence-electron chi connectivity index (χ1n) is 10.5. The molecule has 3 heterocycles. The van der Waals surface area contributed by atoms with Gasteiger partial charge in [-0.05, 0) is 17.5 Å². The van der Waals surface area contributed by atoms with Crippen molar-refractivity contribution in [1.29, 1.82) is 0 Å². The predicted octanol–water partition coefficient (Wildman–Crippen LogP) is 1.03. The second kappa shape index (κ2) is 9.39. The Labute approximate surface area is 183 Å². The van der Waals surface area contributed by atoms with E-state index in [1.807, 2.05) is 18.2 Å². The van der Waals surface area contributed by atoms with Crippen LogP contribution in [-0.2, 0) is 19.1 Å². The van der Waals surface area contributed by atoms with Crippen LogP contribution in [0.15, 0.2) is 30.3 Å². The number of benzene rings is 1. The summed E-state index contributed by atoms with van der Waals surface area (Å²) in [5.41, 5.74) is 2.09. The quantitative estimate of drug-likeness (QED) is 0.500. The molecule has 0 radical (unpaired) electrons. The Hall–Kier alpha value is -2.76. The summed E-state index contributed by atoms with van der Waals surface area (Å²) in [6, 6.07) is 9.25. The van der Waals surface area contributed by atoms with Gasteiger partial charge in [-0.15, -0.1) is 0 Å². The zero-order chi connectivity index (χ0) is 22.7. The summed E-state index contributed by atoms with van der Waals surface area (Å²) in [5.74, 6) is -2.24. The lowest BCUT2D eigenvalue weighted by atomic mass is 10.00. The zero-order valence-corrected chi connectivity index (χ0v) is 17.3. The highest BCUT2D eigenvalue weighted by Crippen LogP contribution is 2.27. The van der Waals surface area contributed by atoms with E-state index in [4.69, 9.17) is 0 Å². The van der Waals surface area contributed by atoms with Gasteiger partial charge in [0.2, 0.25) is 5.82 Å². The number of nitrogens with one attached hydrogen (secondary N) is 3. The molecule has 0 aliphatic carbocycles. The number of aromatic nitrogens is 2. The van der Waals surface area contributed by atoms with Crippen LogP contribution in [0.4, 0.5) is 19.0 Å². The monoisotopic (exact) mass is 450 g/mol. The number of hydrogen-bond acceptors (Lipinski definition) is 7. The van der Waals surface area contributed by atoms with Crippen LogP contribution in [0.5, 0.6) is 0 Å². The molecule has 0 unspecified atom stereocenters. The normalized spacial score (nSPS) is 17.9. The minimum Gasteiger partial charge on any atom is -0.390 e. The lowest BCUT2D eigenvalue weighted by Gasteiger charge is -2.30. The number of carbonyl (C=O) groups excluding carboxylic acids is 1. The Morgan fingerprint density at radius 1 is 1.25 bits per heavy atom. The van der Waals surface area contributed by atoms with Gasteiger partial charge in [-0.25, -0.2) is 9.97 Å². The minimum atomic E-state index is -4.78. The van der Waals surface area contributed by atoms with Gasteiger partial charge in [-0.1, -0.05) is 24.3 Å². The van der Waals surface area contributed by atoms with E-state index in [1.165, 1.54) is 17.2 Å². The summed E-state index contributed by atoms with van der Waals surface area (Å²) >= 11 is 0. The molecule has 1 aromatic carbocycles. The molecule has 32 heavy (non-hydrogen) atoms. The number of halogens is 3. The predicted molar refractivity (Wildman–Crippen MR) is 111 cm³/mol. The number of hydrogen-bond donors (Lipinski definition) is 4. The number of alkyl halides is 3. The van der Waals surface area contributed by atoms with Crippen LogP contribution < -0.4 is 16.0 Å². The van der Waals surface area contributed by atoms with Crippen LogP contribution in [0.1, 0.15) is 27.4 Å². The molecule has 2 aromatic rings. The van der Waals surface area contributed by atoms with Gasteiger partial charge in [0, 0.05) is 45.3 Å². The van der Waals surface area contributed by atoms with E-state index in [-0.39, 0.29) is 18.4 Å². The van der Waals surface area contributed by atoms with Gasteiger partial charge in [-0.2, -0.15) is 13.2 Å². The van der Waals surface area contributed by atoms with Crippen molar-refractivity contribution < 1.29 is 23.1 Å². The highest BCUT2D eigenvalue weighted by atomic mass is 19.4. The fraction of sp³-hybridized carbons (Fsp3) is 0.476. The number of nitrogens with zero attached hydrogens (tertiary/aromatic N) is 3. The maximum absolute atomic E-state index is 13.2. The number of aliphatic hydroxyl groups excluding tert-OH is 1. The highest BCUT2D eigenvalue weighted by molar-refractivity contribution is 5.93. The number of amides is 1. The van der Waals surface area contributed by atoms with Crippen molar-refractivity contribution in [2.75, 3.05) is 38.0 Å². The lowest BCUT2D eigenvalue weighted by molar-refractivity contribution is -0.144. The topological polar surface area (TPSA) is 102 Å². The molecule has 172 valence electrons. The van der Waals surface area contributed by atoms with Crippen LogP contribution in [-0.4, -0.2) is 70.8 Å². The third-order valence-corrected chi connectivity index (χ3v) is 5.52. The molecule has 2 aliphatic rings. The highest BCUT2D eigenvalue weighted by Gasteiger charge is 2.36. The molecule has 8 nitrogen and oxygen atoms in total. The Morgan fingerprint density at radius 2 is 2.00 bits per heavy atom. The molecule has 1 aromatic heterocycles. The maximum Gasteiger partial charge on any atom is 0.451 e. The number of aliphatic hydroxyl groups is 1. The minimum absolute atomic E-state index is 0.0570. The van der Waals surface area contributed by atoms with Gasteiger partial charge in [0.15, 0.2) is 0 Å². The Kier molecular flexibility index (Phi) is 6.58. The summed E-state index contributed by atoms with van der Waals surface area (Å²) in [6.07, 6.45) is -4.77. The van der Waals surface area contributed by atoms with Crippen LogP contribution in [0.25, 0.3) is 0 Å². The Balaban J connectivity index is 1.35. The number of carbonyl (C=O) groups is 1. The van der Waals surface area contributed by atoms with E-state index in [1.54, 1.807) is 0 Å². The van der Waals surface area contributed by atoms with Crippen LogP contribution in [0.2, 0.25) is 0 Å². The zero-order valence-electron chi connectivity index (χ0n) is 17.3. The fourth-order valence-corrected chi connectivity index (χ4v) is 3.74. The molecule has 1 saturated heterocycles. The molecular weight excluding hydrogens is 425 g/mol. The van der Waals surface area contributed by atoms with Crippen molar-refractivity contribution in [3.8, 4) is 0 Å². The maximum atomic E-state index is 13.2. The van der Waals surface area contributed by atoms with Crippen LogP contribution in [0.3, 0.4) is 0 Å². The van der Waals surface area contributed by atoms with Crippen LogP contribution >= 0.6 is 0 Å². The second-order valence-corrected chi connectivity index (χ2v) is 8.08. The third-order valence-electron chi connectivity index (χ3n) is 5.52. The third kappa shape index (κ3) is 5.53. The molecule has 1 amide bonds. The first kappa shape index (κ1) is 22.4. The van der Waals surface area contributed by atoms with E-state index in [0.717, 1.165) is 13.0 Å². The van der Waals surface area contributed by atoms with Crippen molar-refractivity contribution in [1.82, 2.24) is 25.5 Å². The van der Waals surface area contributed by atoms with E-state index in [0.29, 0.717) is 26.2 Å². The van der Waals surface area contributed by atoms with Gasteiger partial charge in [-0.3, -0.25) is 9.69 Å². The van der Waals surface area contributed by atoms with Crippen molar-refractivity contribution in [3.05, 3.63) is 53.0 Å². The molecule has 11 heteroatoms. The van der Waals surface area contributed by atoms with Crippen molar-refractivity contribution in [3.63, 3.8) is 0 Å². The van der Waals surface area contributed by atoms with E-state index < -0.39 is 29.7 Å². The average molecular weight is 450 g/mol. The summed E-state index contributed by atoms with van der Waals surface area (Å²) in [7, 11) is 0. The molecule has 4 N–H and O–H groups in total. The first-order chi connectivity index (χ1) is 15.3. The van der Waals surface area contributed by atoms with Gasteiger partial charge in [0.05, 0.1) is 12.1 Å². The molecule has 1 atom stereocenters. The van der Waals surface area contributed by atoms with Gasteiger partial charge >= 0.3 is 6.18 Å². The smallest absolute Gasteiger partial charge is 0.390 e. The molecule has 2 aliphatic heterocycles. The summed E-state index contributed by atoms with van der Waals surface area (Å²) in [6.45, 7) is 2.92. The second-order valence-electron chi connectivity index (χ2n) is 8.08. The lowest BCUT2D eigenvalue weighted by Crippen LogP contribution is -2.51. The SMILES string of the molecule is O=C(NC[C@H](O)CN1CCc2ccccc2C1)c1cc(NC2CNC2)nc(C(F)(F)F)n1. The molecule has 0 bridgehead atoms. The van der Waals surface area contributed by atoms with E-state index in [9.17, 15) is 23.1 Å².